The van der Waals surface area contributed by atoms with Gasteiger partial charge in [0.15, 0.2) is 23.7 Å². The average Bonchev–Trinajstić information content (AvgIpc) is 3.55. The van der Waals surface area contributed by atoms with E-state index in [-0.39, 0.29) is 41.3 Å². The van der Waals surface area contributed by atoms with Crippen molar-refractivity contribution in [3.63, 3.8) is 0 Å². The van der Waals surface area contributed by atoms with Gasteiger partial charge in [0.1, 0.15) is 29.4 Å². The van der Waals surface area contributed by atoms with Gasteiger partial charge in [0.25, 0.3) is 0 Å². The monoisotopic (exact) mass is 722 g/mol. The number of nitrogens with zero attached hydrogens (tertiary/aromatic N) is 4. The second-order valence-electron chi connectivity index (χ2n) is 12.9. The lowest BCUT2D eigenvalue weighted by Crippen LogP contribution is -2.46. The molecule has 1 fully saturated rings. The number of aryl methyl sites for hydroxylation is 1. The quantitative estimate of drug-likeness (QED) is 0.0804. The first-order valence-electron chi connectivity index (χ1n) is 16.5. The van der Waals surface area contributed by atoms with Crippen molar-refractivity contribution in [1.29, 1.82) is 0 Å². The number of benzene rings is 3. The Morgan fingerprint density at radius 3 is 2.49 bits per heavy atom. The number of nitrogen functional groups attached to an aromatic ring is 1. The molecule has 7 unspecified atom stereocenters. The Morgan fingerprint density at radius 2 is 1.76 bits per heavy atom. The third-order valence-corrected chi connectivity index (χ3v) is 10.4. The molecule has 272 valence electrons. The molecule has 3 heterocycles. The summed E-state index contributed by atoms with van der Waals surface area (Å²) in [6, 6.07) is 21.1. The maximum absolute atomic E-state index is 14.8. The molecule has 0 aliphatic carbocycles. The normalized spacial score (nSPS) is 23.0. The van der Waals surface area contributed by atoms with Crippen molar-refractivity contribution < 1.29 is 43.1 Å². The van der Waals surface area contributed by atoms with Gasteiger partial charge >= 0.3 is 7.75 Å². The number of methoxy groups -OCH3 is 1. The standard InChI is InChI=1S/C35H43N6O9P/c1-20(2)27(32(43)47-18-22-12-7-6-8-13-22)40-51(45,50-25-17-11-15-23-14-9-10-16-24(23)25)48-19-26-29(42)35(4,44)33(49-26)41-21(3)37-28-30(41)38-34(36)39-31(28)46-5/h6-17,20,26-27,29,32-33,42-44H,18-19H2,1-5H3,(H,40,45)(H2,36,38,39). The van der Waals surface area contributed by atoms with Crippen LogP contribution in [0.3, 0.4) is 0 Å². The molecule has 15 nitrogen and oxygen atoms in total. The van der Waals surface area contributed by atoms with Gasteiger partial charge in [0.2, 0.25) is 11.8 Å². The van der Waals surface area contributed by atoms with Crippen molar-refractivity contribution in [3.05, 3.63) is 84.2 Å². The van der Waals surface area contributed by atoms with Crippen LogP contribution >= 0.6 is 7.75 Å². The van der Waals surface area contributed by atoms with Crippen LogP contribution < -0.4 is 20.1 Å². The number of hydrogen-bond donors (Lipinski definition) is 5. The fourth-order valence-electron chi connectivity index (χ4n) is 6.10. The van der Waals surface area contributed by atoms with E-state index in [1.54, 1.807) is 19.1 Å². The number of rotatable bonds is 14. The van der Waals surface area contributed by atoms with E-state index in [4.69, 9.17) is 29.0 Å². The highest BCUT2D eigenvalue weighted by Crippen LogP contribution is 2.49. The van der Waals surface area contributed by atoms with Crippen molar-refractivity contribution in [1.82, 2.24) is 24.6 Å². The lowest BCUT2D eigenvalue weighted by Gasteiger charge is -2.31. The summed E-state index contributed by atoms with van der Waals surface area (Å²) in [6.07, 6.45) is -5.40. The van der Waals surface area contributed by atoms with Crippen LogP contribution in [0.2, 0.25) is 0 Å². The molecule has 1 aliphatic rings. The molecule has 1 aliphatic heterocycles. The maximum atomic E-state index is 14.8. The molecule has 0 saturated carbocycles. The van der Waals surface area contributed by atoms with E-state index in [1.807, 2.05) is 74.5 Å². The molecule has 51 heavy (non-hydrogen) atoms. The predicted molar refractivity (Wildman–Crippen MR) is 189 cm³/mol. The van der Waals surface area contributed by atoms with Gasteiger partial charge in [0, 0.05) is 5.39 Å². The Bertz CT molecular complexity index is 2020. The number of fused-ring (bicyclic) bond motifs is 2. The molecule has 6 rings (SSSR count). The van der Waals surface area contributed by atoms with Crippen molar-refractivity contribution >= 4 is 35.6 Å². The molecular formula is C35H43N6O9P. The molecule has 2 aromatic heterocycles. The Morgan fingerprint density at radius 1 is 1.06 bits per heavy atom. The number of aliphatic hydroxyl groups is 3. The second kappa shape index (κ2) is 14.8. The van der Waals surface area contributed by atoms with Gasteiger partial charge in [-0.05, 0) is 36.8 Å². The van der Waals surface area contributed by atoms with Crippen LogP contribution in [0, 0.1) is 12.8 Å². The first kappa shape index (κ1) is 36.6. The topological polar surface area (TPSA) is 206 Å². The number of aliphatic hydroxyl groups excluding tert-OH is 2. The van der Waals surface area contributed by atoms with E-state index in [2.05, 4.69) is 20.0 Å². The fourth-order valence-corrected chi connectivity index (χ4v) is 7.83. The maximum Gasteiger partial charge on any atom is 0.459 e. The van der Waals surface area contributed by atoms with Crippen LogP contribution in [-0.2, 0) is 25.2 Å². The minimum absolute atomic E-state index is 0.0918. The van der Waals surface area contributed by atoms with E-state index in [0.29, 0.717) is 11.2 Å². The minimum Gasteiger partial charge on any atom is -0.479 e. The van der Waals surface area contributed by atoms with Crippen LogP contribution in [-0.4, -0.2) is 78.7 Å². The minimum atomic E-state index is -4.41. The summed E-state index contributed by atoms with van der Waals surface area (Å²) in [4.78, 5) is 12.9. The lowest BCUT2D eigenvalue weighted by atomic mass is 9.96. The molecule has 0 amide bonds. The molecule has 1 saturated heterocycles. The number of nitrogens with one attached hydrogen (secondary N) is 1. The summed E-state index contributed by atoms with van der Waals surface area (Å²) in [5, 5.41) is 38.6. The highest BCUT2D eigenvalue weighted by atomic mass is 31.2. The molecule has 16 heteroatoms. The van der Waals surface area contributed by atoms with Gasteiger partial charge in [-0.1, -0.05) is 80.6 Å². The van der Waals surface area contributed by atoms with Crippen LogP contribution in [0.15, 0.2) is 72.8 Å². The van der Waals surface area contributed by atoms with Crippen molar-refractivity contribution in [2.24, 2.45) is 5.92 Å². The van der Waals surface area contributed by atoms with E-state index >= 15 is 0 Å². The first-order valence-corrected chi connectivity index (χ1v) is 18.0. The van der Waals surface area contributed by atoms with E-state index in [0.717, 1.165) is 10.9 Å². The molecule has 0 spiro atoms. The summed E-state index contributed by atoms with van der Waals surface area (Å²) in [5.74, 6) is 0.357. The largest absolute Gasteiger partial charge is 0.479 e. The van der Waals surface area contributed by atoms with E-state index in [9.17, 15) is 19.9 Å². The molecule has 6 N–H and O–H groups in total. The molecule has 7 atom stereocenters. The zero-order chi connectivity index (χ0) is 36.5. The number of anilines is 1. The summed E-state index contributed by atoms with van der Waals surface area (Å²) in [5.41, 5.74) is 5.36. The van der Waals surface area contributed by atoms with Crippen molar-refractivity contribution in [2.45, 2.75) is 70.7 Å². The molecular weight excluding hydrogens is 679 g/mol. The Labute approximate surface area is 294 Å². The van der Waals surface area contributed by atoms with Gasteiger partial charge in [0.05, 0.1) is 26.4 Å². The number of ether oxygens (including phenoxy) is 3. The van der Waals surface area contributed by atoms with Crippen LogP contribution in [0.4, 0.5) is 5.95 Å². The van der Waals surface area contributed by atoms with Crippen molar-refractivity contribution in [2.75, 3.05) is 19.5 Å². The third kappa shape index (κ3) is 7.57. The molecule has 0 bridgehead atoms. The molecule has 3 aromatic carbocycles. The van der Waals surface area contributed by atoms with Crippen LogP contribution in [0.1, 0.15) is 38.4 Å². The van der Waals surface area contributed by atoms with Crippen LogP contribution in [0.25, 0.3) is 21.9 Å². The summed E-state index contributed by atoms with van der Waals surface area (Å²) >= 11 is 0. The highest BCUT2D eigenvalue weighted by Gasteiger charge is 2.55. The summed E-state index contributed by atoms with van der Waals surface area (Å²) in [6.45, 7) is 6.31. The van der Waals surface area contributed by atoms with Crippen molar-refractivity contribution in [3.8, 4) is 11.6 Å². The first-order chi connectivity index (χ1) is 24.3. The Kier molecular flexibility index (Phi) is 10.6. The van der Waals surface area contributed by atoms with Gasteiger partial charge in [-0.2, -0.15) is 9.97 Å². The lowest BCUT2D eigenvalue weighted by molar-refractivity contribution is -0.133. The SMILES string of the molecule is COc1nc(N)nc2c1nc(C)n2C1OC(COP(=O)(NC(C(C)C)C(O)OCc2ccccc2)Oc2cccc3ccccc23)C(O)C1(C)O. The third-order valence-electron chi connectivity index (χ3n) is 8.86. The summed E-state index contributed by atoms with van der Waals surface area (Å²) in [7, 11) is -2.99. The van der Waals surface area contributed by atoms with E-state index in [1.165, 1.54) is 18.6 Å². The average molecular weight is 723 g/mol. The second-order valence-corrected chi connectivity index (χ2v) is 14.6. The fraction of sp³-hybridized carbons (Fsp3) is 0.400. The summed E-state index contributed by atoms with van der Waals surface area (Å²) < 4.78 is 45.8. The molecule has 5 aromatic rings. The van der Waals surface area contributed by atoms with Gasteiger partial charge in [-0.15, -0.1) is 0 Å². The number of imidazole rings is 1. The number of nitrogens with two attached hydrogens (primary N) is 1. The van der Waals surface area contributed by atoms with E-state index < -0.39 is 50.7 Å². The molecule has 0 radical (unpaired) electrons. The Hall–Kier alpha value is -4.18. The number of hydrogen-bond acceptors (Lipinski definition) is 13. The Balaban J connectivity index is 1.29. The van der Waals surface area contributed by atoms with Crippen LogP contribution in [0.5, 0.6) is 11.6 Å². The smallest absolute Gasteiger partial charge is 0.459 e. The zero-order valence-electron chi connectivity index (χ0n) is 28.9. The highest BCUT2D eigenvalue weighted by molar-refractivity contribution is 7.52. The predicted octanol–water partition coefficient (Wildman–Crippen LogP) is 4.24. The van der Waals surface area contributed by atoms with Gasteiger partial charge in [-0.3, -0.25) is 9.09 Å². The zero-order valence-corrected chi connectivity index (χ0v) is 29.8. The number of aromatic nitrogens is 4. The van der Waals surface area contributed by atoms with Gasteiger partial charge < -0.3 is 39.8 Å². The van der Waals surface area contributed by atoms with Gasteiger partial charge in [-0.25, -0.2) is 14.6 Å².